The molecule has 0 bridgehead atoms. The third-order valence-electron chi connectivity index (χ3n) is 4.07. The second-order valence-corrected chi connectivity index (χ2v) is 5.83. The molecule has 0 unspecified atom stereocenters. The maximum absolute atomic E-state index is 13.5. The first-order valence-electron chi connectivity index (χ1n) is 8.18. The van der Waals surface area contributed by atoms with Crippen LogP contribution < -0.4 is 15.7 Å². The van der Waals surface area contributed by atoms with Crippen molar-refractivity contribution in [3.63, 3.8) is 0 Å². The standard InChI is InChI=1S/C19H14F3N5/c20-19(21,22)16-8-4-5-9-17(16)27-25-18(14-6-2-1-3-7-14)24-26(27)15-10-12-23-13-11-15/h1-13H,(H,24,25)/p+1. The van der Waals surface area contributed by atoms with E-state index in [1.54, 1.807) is 41.1 Å². The number of nitrogens with two attached hydrogens (primary N) is 1. The van der Waals surface area contributed by atoms with Crippen LogP contribution in [-0.2, 0) is 6.18 Å². The molecule has 4 rings (SSSR count). The van der Waals surface area contributed by atoms with Crippen molar-refractivity contribution in [3.8, 4) is 0 Å². The molecule has 2 heterocycles. The number of para-hydroxylation sites is 1. The molecule has 0 radical (unpaired) electrons. The highest BCUT2D eigenvalue weighted by atomic mass is 19.4. The Hall–Kier alpha value is -3.39. The Bertz CT molecular complexity index is 958. The number of hydrogen-bond acceptors (Lipinski definition) is 4. The third-order valence-corrected chi connectivity index (χ3v) is 4.07. The molecule has 3 aromatic rings. The lowest BCUT2D eigenvalue weighted by atomic mass is 10.1. The van der Waals surface area contributed by atoms with Gasteiger partial charge in [0.05, 0.1) is 11.1 Å². The number of quaternary nitrogens is 1. The van der Waals surface area contributed by atoms with Gasteiger partial charge in [-0.3, -0.25) is 4.98 Å². The molecule has 0 fully saturated rings. The lowest BCUT2D eigenvalue weighted by molar-refractivity contribution is -0.545. The fourth-order valence-corrected chi connectivity index (χ4v) is 2.83. The zero-order chi connectivity index (χ0) is 18.9. The molecule has 2 aromatic carbocycles. The minimum Gasteiger partial charge on any atom is -0.265 e. The van der Waals surface area contributed by atoms with Crippen LogP contribution in [0.1, 0.15) is 11.1 Å². The summed E-state index contributed by atoms with van der Waals surface area (Å²) in [6.45, 7) is 0. The predicted octanol–water partition coefficient (Wildman–Crippen LogP) is 3.18. The Morgan fingerprint density at radius 2 is 1.48 bits per heavy atom. The molecule has 0 aliphatic carbocycles. The molecule has 5 nitrogen and oxygen atoms in total. The van der Waals surface area contributed by atoms with Crippen LogP contribution in [0.5, 0.6) is 0 Å². The van der Waals surface area contributed by atoms with Gasteiger partial charge < -0.3 is 0 Å². The molecule has 0 saturated heterocycles. The lowest BCUT2D eigenvalue weighted by Crippen LogP contribution is -2.96. The second kappa shape index (κ2) is 6.73. The van der Waals surface area contributed by atoms with Gasteiger partial charge in [0.25, 0.3) is 5.84 Å². The van der Waals surface area contributed by atoms with Crippen LogP contribution in [0.25, 0.3) is 0 Å². The Labute approximate surface area is 153 Å². The highest BCUT2D eigenvalue weighted by Crippen LogP contribution is 2.37. The van der Waals surface area contributed by atoms with Crippen LogP contribution in [0.2, 0.25) is 0 Å². The molecule has 0 atom stereocenters. The van der Waals surface area contributed by atoms with Gasteiger partial charge in [0.1, 0.15) is 11.4 Å². The van der Waals surface area contributed by atoms with Crippen LogP contribution in [0, 0.1) is 0 Å². The number of hydrogen-bond donors (Lipinski definition) is 1. The summed E-state index contributed by atoms with van der Waals surface area (Å²) in [5.41, 5.74) is 2.36. The normalized spacial score (nSPS) is 14.4. The molecule has 2 N–H and O–H groups in total. The number of alkyl halides is 3. The summed E-state index contributed by atoms with van der Waals surface area (Å²) in [6, 6.07) is 18.1. The van der Waals surface area contributed by atoms with Gasteiger partial charge in [0, 0.05) is 12.4 Å². The summed E-state index contributed by atoms with van der Waals surface area (Å²) in [4.78, 5) is 3.97. The topological polar surface area (TPSA) is 48.3 Å². The van der Waals surface area contributed by atoms with E-state index in [1.165, 1.54) is 17.3 Å². The Kier molecular flexibility index (Phi) is 4.25. The first-order valence-corrected chi connectivity index (χ1v) is 8.18. The number of halogens is 3. The molecule has 1 aromatic heterocycles. The van der Waals surface area contributed by atoms with Gasteiger partial charge in [0.15, 0.2) is 0 Å². The minimum absolute atomic E-state index is 0.0519. The summed E-state index contributed by atoms with van der Waals surface area (Å²) < 4.78 is 40.6. The number of anilines is 2. The number of hydrazine groups is 1. The molecule has 0 saturated carbocycles. The van der Waals surface area contributed by atoms with E-state index in [9.17, 15) is 13.2 Å². The van der Waals surface area contributed by atoms with E-state index in [-0.39, 0.29) is 5.69 Å². The van der Waals surface area contributed by atoms with Gasteiger partial charge in [-0.2, -0.15) is 18.6 Å². The SMILES string of the molecule is FC(F)(F)c1ccccc1N1N=C(c2ccccc2)[NH2+]N1c1ccncc1. The maximum atomic E-state index is 13.5. The summed E-state index contributed by atoms with van der Waals surface area (Å²) in [7, 11) is 0. The number of pyridine rings is 1. The number of hydrazone groups is 1. The van der Waals surface area contributed by atoms with E-state index in [0.717, 1.165) is 11.6 Å². The third kappa shape index (κ3) is 3.34. The van der Waals surface area contributed by atoms with E-state index in [1.807, 2.05) is 30.3 Å². The van der Waals surface area contributed by atoms with Crippen molar-refractivity contribution in [1.29, 1.82) is 0 Å². The fourth-order valence-electron chi connectivity index (χ4n) is 2.83. The highest BCUT2D eigenvalue weighted by Gasteiger charge is 2.39. The lowest BCUT2D eigenvalue weighted by Gasteiger charge is -2.25. The number of benzene rings is 2. The van der Waals surface area contributed by atoms with Crippen molar-refractivity contribution in [2.45, 2.75) is 6.18 Å². The minimum atomic E-state index is -4.49. The van der Waals surface area contributed by atoms with Gasteiger partial charge in [-0.25, -0.2) is 0 Å². The second-order valence-electron chi connectivity index (χ2n) is 5.83. The summed E-state index contributed by atoms with van der Waals surface area (Å²) in [5, 5.41) is 7.30. The van der Waals surface area contributed by atoms with Gasteiger partial charge in [-0.1, -0.05) is 35.4 Å². The first-order chi connectivity index (χ1) is 13.0. The Morgan fingerprint density at radius 1 is 0.815 bits per heavy atom. The van der Waals surface area contributed by atoms with Gasteiger partial charge in [-0.15, -0.1) is 10.2 Å². The zero-order valence-electron chi connectivity index (χ0n) is 14.0. The quantitative estimate of drug-likeness (QED) is 0.721. The van der Waals surface area contributed by atoms with E-state index in [0.29, 0.717) is 11.5 Å². The van der Waals surface area contributed by atoms with Crippen molar-refractivity contribution in [3.05, 3.63) is 90.3 Å². The Balaban J connectivity index is 1.83. The van der Waals surface area contributed by atoms with Crippen molar-refractivity contribution < 1.29 is 18.6 Å². The zero-order valence-corrected chi connectivity index (χ0v) is 14.0. The smallest absolute Gasteiger partial charge is 0.265 e. The summed E-state index contributed by atoms with van der Waals surface area (Å²) in [6.07, 6.45) is -1.33. The van der Waals surface area contributed by atoms with E-state index in [2.05, 4.69) is 10.1 Å². The molecule has 136 valence electrons. The van der Waals surface area contributed by atoms with E-state index >= 15 is 0 Å². The summed E-state index contributed by atoms with van der Waals surface area (Å²) >= 11 is 0. The monoisotopic (exact) mass is 370 g/mol. The van der Waals surface area contributed by atoms with Crippen LogP contribution in [-0.4, -0.2) is 10.8 Å². The molecular weight excluding hydrogens is 355 g/mol. The summed E-state index contributed by atoms with van der Waals surface area (Å²) in [5.74, 6) is 0.560. The predicted molar refractivity (Wildman–Crippen MR) is 95.5 cm³/mol. The van der Waals surface area contributed by atoms with Crippen LogP contribution >= 0.6 is 0 Å². The van der Waals surface area contributed by atoms with Crippen molar-refractivity contribution in [2.75, 3.05) is 10.2 Å². The number of rotatable bonds is 3. The molecule has 27 heavy (non-hydrogen) atoms. The van der Waals surface area contributed by atoms with Gasteiger partial charge in [0.2, 0.25) is 0 Å². The van der Waals surface area contributed by atoms with Crippen molar-refractivity contribution in [1.82, 2.24) is 4.98 Å². The molecule has 1 aliphatic rings. The number of aromatic nitrogens is 1. The Morgan fingerprint density at radius 3 is 2.19 bits per heavy atom. The number of nitrogens with zero attached hydrogens (tertiary/aromatic N) is 4. The number of amidine groups is 1. The largest absolute Gasteiger partial charge is 0.418 e. The molecule has 0 spiro atoms. The van der Waals surface area contributed by atoms with Crippen LogP contribution in [0.15, 0.2) is 84.2 Å². The first kappa shape index (κ1) is 17.0. The van der Waals surface area contributed by atoms with Crippen LogP contribution in [0.3, 0.4) is 0 Å². The van der Waals surface area contributed by atoms with E-state index in [4.69, 9.17) is 0 Å². The molecule has 0 amide bonds. The average Bonchev–Trinajstić information content (AvgIpc) is 3.14. The van der Waals surface area contributed by atoms with Crippen molar-refractivity contribution in [2.24, 2.45) is 5.10 Å². The fraction of sp³-hybridized carbons (Fsp3) is 0.0526. The molecular formula is C19H15F3N5+. The molecule has 8 heteroatoms. The van der Waals surface area contributed by atoms with Gasteiger partial charge in [-0.05, 0) is 36.4 Å². The van der Waals surface area contributed by atoms with Gasteiger partial charge >= 0.3 is 6.18 Å². The molecule has 1 aliphatic heterocycles. The van der Waals surface area contributed by atoms with Crippen LogP contribution in [0.4, 0.5) is 24.5 Å². The highest BCUT2D eigenvalue weighted by molar-refractivity contribution is 5.94. The maximum Gasteiger partial charge on any atom is 0.418 e. The average molecular weight is 370 g/mol. The van der Waals surface area contributed by atoms with E-state index < -0.39 is 11.7 Å². The van der Waals surface area contributed by atoms with Crippen molar-refractivity contribution >= 4 is 17.2 Å².